The lowest BCUT2D eigenvalue weighted by atomic mass is 9.85. The lowest BCUT2D eigenvalue weighted by Gasteiger charge is -2.33. The number of rotatable bonds is 8. The summed E-state index contributed by atoms with van der Waals surface area (Å²) < 4.78 is 194. The molecule has 0 radical (unpaired) electrons. The highest BCUT2D eigenvalue weighted by Crippen LogP contribution is 2.46. The van der Waals surface area contributed by atoms with Crippen molar-refractivity contribution in [1.29, 1.82) is 0 Å². The van der Waals surface area contributed by atoms with E-state index >= 15 is 0 Å². The van der Waals surface area contributed by atoms with Crippen LogP contribution in [0, 0.1) is 39.3 Å². The number of carbonyl (C=O) groups is 4. The molecule has 8 aromatic heterocycles. The highest BCUT2D eigenvalue weighted by molar-refractivity contribution is 6.31. The van der Waals surface area contributed by atoms with Gasteiger partial charge in [0.1, 0.15) is 11.6 Å². The maximum absolute atomic E-state index is 14.3. The number of halogens is 16. The number of carbonyl (C=O) groups excluding carboxylic acids is 4. The lowest BCUT2D eigenvalue weighted by molar-refractivity contribution is -0.139. The predicted molar refractivity (Wildman–Crippen MR) is 398 cm³/mol. The van der Waals surface area contributed by atoms with Crippen molar-refractivity contribution in [2.45, 2.75) is 127 Å². The third-order valence-corrected chi connectivity index (χ3v) is 21.7. The van der Waals surface area contributed by atoms with Crippen LogP contribution in [0.25, 0.3) is 22.6 Å². The number of hydrogen-bond donors (Lipinski definition) is 0. The summed E-state index contributed by atoms with van der Waals surface area (Å²) in [6.45, 7) is 9.96. The van der Waals surface area contributed by atoms with Gasteiger partial charge >= 0.3 is 24.7 Å². The Bertz CT molecular complexity index is 5530. The summed E-state index contributed by atoms with van der Waals surface area (Å²) in [5, 5.41) is 31.9. The minimum Gasteiger partial charge on any atom is -0.336 e. The van der Waals surface area contributed by atoms with E-state index < -0.39 is 70.4 Å². The zero-order valence-corrected chi connectivity index (χ0v) is 63.8. The second-order valence-corrected chi connectivity index (χ2v) is 29.8. The van der Waals surface area contributed by atoms with Crippen LogP contribution in [-0.2, 0) is 24.7 Å². The number of benzene rings is 4. The maximum Gasteiger partial charge on any atom is 0.418 e. The van der Waals surface area contributed by atoms with E-state index in [1.807, 2.05) is 52.0 Å². The molecule has 0 atom stereocenters. The maximum atomic E-state index is 14.3. The molecule has 0 aliphatic carbocycles. The molecule has 36 heteroatoms. The molecule has 4 aromatic carbocycles. The molecule has 4 fully saturated rings. The molecule has 0 unspecified atom stereocenters. The van der Waals surface area contributed by atoms with Gasteiger partial charge in [0.25, 0.3) is 23.6 Å². The van der Waals surface area contributed by atoms with Crippen LogP contribution >= 0.6 is 23.2 Å². The molecule has 0 spiro atoms. The Labute approximate surface area is 662 Å². The first kappa shape index (κ1) is 82.8. The second kappa shape index (κ2) is 33.6. The van der Waals surface area contributed by atoms with Gasteiger partial charge in [0.15, 0.2) is 22.6 Å². The summed E-state index contributed by atoms with van der Waals surface area (Å²) in [5.74, 6) is -3.84. The largest absolute Gasteiger partial charge is 0.418 e. The van der Waals surface area contributed by atoms with Gasteiger partial charge in [-0.3, -0.25) is 36.8 Å². The monoisotopic (exact) mass is 1660 g/mol. The number of nitrogens with zero attached hydrogens (tertiary/aromatic N) is 16. The minimum absolute atomic E-state index is 0.0783. The van der Waals surface area contributed by atoms with Crippen molar-refractivity contribution in [3.8, 4) is 0 Å². The standard InChI is InChI=1S/2C20H18ClF3N4O.2C20H18F4N4O/c1-12-2-5-17-25-26-18(28(17)11-12)19(29)27-8-6-13(7-9-27)15-10-14(21)3-4-16(15)20(22,23)24;1-12-5-6-16-25-26-18(28(16)11-12)19(29)27-9-7-13(8-10-27)14-3-2-4-15(21)17(14)20(22,23)24;1-12-2-5-17-25-26-18(28(17)11-12)19(29)27-8-6-13(7-9-27)15-4-3-14(21)10-16(15)20(22,23)24;1-12-5-6-16-25-26-18(28(16)11-12)19(29)27-9-7-13(8-10-27)17-14(20(22,23)24)3-2-4-15(17)21/h2-5,10-11,13H,6-9H2,1H3;2-6,11,13H,7-10H2,1H3;2-5,10-11,13H,6-9H2,1H3;2-6,11,13H,7-10H2,1H3. The normalized spacial score (nSPS) is 15.8. The van der Waals surface area contributed by atoms with E-state index in [2.05, 4.69) is 40.8 Å². The molecule has 116 heavy (non-hydrogen) atoms. The number of piperidine rings is 4. The Morgan fingerprint density at radius 1 is 0.345 bits per heavy atom. The fraction of sp³-hybridized carbons (Fsp3) is 0.350. The quantitative estimate of drug-likeness (QED) is 0.130. The van der Waals surface area contributed by atoms with E-state index in [4.69, 9.17) is 23.2 Å². The molecule has 12 aromatic rings. The fourth-order valence-electron chi connectivity index (χ4n) is 15.3. The predicted octanol–water partition coefficient (Wildman–Crippen LogP) is 17.9. The highest BCUT2D eigenvalue weighted by Gasteiger charge is 2.43. The second-order valence-electron chi connectivity index (χ2n) is 29.0. The number of aryl methyl sites for hydroxylation is 4. The van der Waals surface area contributed by atoms with Gasteiger partial charge in [-0.25, -0.2) is 8.78 Å². The Morgan fingerprint density at radius 3 is 1.05 bits per heavy atom. The molecule has 12 heterocycles. The van der Waals surface area contributed by atoms with Gasteiger partial charge in [0, 0.05) is 87.7 Å². The van der Waals surface area contributed by atoms with Crippen LogP contribution in [0.4, 0.5) is 61.5 Å². The van der Waals surface area contributed by atoms with Crippen molar-refractivity contribution in [3.63, 3.8) is 0 Å². The van der Waals surface area contributed by atoms with Crippen molar-refractivity contribution >= 4 is 69.4 Å². The van der Waals surface area contributed by atoms with Gasteiger partial charge in [0.05, 0.1) is 27.3 Å². The van der Waals surface area contributed by atoms with Gasteiger partial charge in [0.2, 0.25) is 23.3 Å². The highest BCUT2D eigenvalue weighted by atomic mass is 35.5. The van der Waals surface area contributed by atoms with E-state index in [0.29, 0.717) is 106 Å². The zero-order chi connectivity index (χ0) is 83.0. The molecular formula is C80H72Cl2F14N16O4. The molecule has 0 N–H and O–H groups in total. The van der Waals surface area contributed by atoms with E-state index in [1.165, 1.54) is 41.3 Å². The van der Waals surface area contributed by atoms with E-state index in [0.717, 1.165) is 52.6 Å². The summed E-state index contributed by atoms with van der Waals surface area (Å²) >= 11 is 11.8. The van der Waals surface area contributed by atoms with E-state index in [1.54, 1.807) is 81.4 Å². The van der Waals surface area contributed by atoms with Gasteiger partial charge < -0.3 is 19.6 Å². The number of aromatic nitrogens is 12. The molecule has 4 amide bonds. The van der Waals surface area contributed by atoms with Gasteiger partial charge in [-0.15, -0.1) is 40.8 Å². The van der Waals surface area contributed by atoms with Crippen LogP contribution in [0.5, 0.6) is 0 Å². The third kappa shape index (κ3) is 18.1. The van der Waals surface area contributed by atoms with Crippen molar-refractivity contribution < 1.29 is 80.6 Å². The zero-order valence-electron chi connectivity index (χ0n) is 62.3. The molecule has 4 aliphatic heterocycles. The number of alkyl halides is 12. The van der Waals surface area contributed by atoms with Crippen molar-refractivity contribution in [1.82, 2.24) is 78.0 Å². The van der Waals surface area contributed by atoms with Crippen LogP contribution in [-0.4, -0.2) is 154 Å². The third-order valence-electron chi connectivity index (χ3n) is 21.1. The van der Waals surface area contributed by atoms with Gasteiger partial charge in [-0.1, -0.05) is 71.7 Å². The van der Waals surface area contributed by atoms with Crippen molar-refractivity contribution in [3.05, 3.63) is 258 Å². The van der Waals surface area contributed by atoms with Gasteiger partial charge in [-0.2, -0.15) is 52.7 Å². The van der Waals surface area contributed by atoms with Crippen LogP contribution in [0.2, 0.25) is 10.0 Å². The van der Waals surface area contributed by atoms with Crippen molar-refractivity contribution in [2.75, 3.05) is 52.4 Å². The van der Waals surface area contributed by atoms with Crippen LogP contribution in [0.1, 0.15) is 184 Å². The number of hydrogen-bond acceptors (Lipinski definition) is 12. The summed E-state index contributed by atoms with van der Waals surface area (Å²) in [7, 11) is 0. The van der Waals surface area contributed by atoms with Crippen LogP contribution in [0.3, 0.4) is 0 Å². The lowest BCUT2D eigenvalue weighted by Crippen LogP contribution is -2.39. The van der Waals surface area contributed by atoms with E-state index in [9.17, 15) is 80.6 Å². The average molecular weight is 1660 g/mol. The summed E-state index contributed by atoms with van der Waals surface area (Å²) in [5.41, 5.74) is 2.88. The van der Waals surface area contributed by atoms with Crippen LogP contribution < -0.4 is 0 Å². The van der Waals surface area contributed by atoms with Gasteiger partial charge in [-0.05, 0) is 214 Å². The first-order chi connectivity index (χ1) is 55.0. The number of likely N-dealkylation sites (tertiary alicyclic amines) is 4. The molecule has 16 rings (SSSR count). The fourth-order valence-corrected chi connectivity index (χ4v) is 15.8. The summed E-state index contributed by atoms with van der Waals surface area (Å²) in [4.78, 5) is 57.9. The molecule has 4 aliphatic rings. The average Bonchev–Trinajstić information content (AvgIpc) is 1.24. The molecule has 20 nitrogen and oxygen atoms in total. The smallest absolute Gasteiger partial charge is 0.336 e. The molecule has 608 valence electrons. The number of amides is 4. The van der Waals surface area contributed by atoms with Crippen molar-refractivity contribution in [2.24, 2.45) is 0 Å². The number of fused-ring (bicyclic) bond motifs is 4. The molecule has 0 bridgehead atoms. The Balaban J connectivity index is 0.000000135. The topological polar surface area (TPSA) is 202 Å². The molecular weight excluding hydrogens is 1590 g/mol. The Hall–Kier alpha value is -11.2. The molecule has 0 saturated carbocycles. The summed E-state index contributed by atoms with van der Waals surface area (Å²) in [6, 6.07) is 28.3. The Kier molecular flexibility index (Phi) is 24.0. The first-order valence-corrected chi connectivity index (χ1v) is 37.6. The van der Waals surface area contributed by atoms with Crippen LogP contribution in [0.15, 0.2) is 146 Å². The number of pyridine rings is 4. The Morgan fingerprint density at radius 2 is 0.690 bits per heavy atom. The van der Waals surface area contributed by atoms with E-state index in [-0.39, 0.29) is 117 Å². The first-order valence-electron chi connectivity index (χ1n) is 36.9. The summed E-state index contributed by atoms with van der Waals surface area (Å²) in [6.07, 6.45) is -8.22. The minimum atomic E-state index is -4.62. The molecule has 4 saturated heterocycles. The SMILES string of the molecule is Cc1ccc2nnc(C(=O)N3CCC(c4c(F)cccc4C(F)(F)F)CC3)n2c1.Cc1ccc2nnc(C(=O)N3CCC(c4cc(Cl)ccc4C(F)(F)F)CC3)n2c1.Cc1ccc2nnc(C(=O)N3CCC(c4ccc(F)cc4C(F)(F)F)CC3)n2c1.Cc1ccc2nnc(C(=O)N3CCC(c4cccc(Cl)c4C(F)(F)F)CC3)n2c1.